The molecule has 0 aliphatic rings. The van der Waals surface area contributed by atoms with E-state index in [1.54, 1.807) is 38.1 Å². The molecule has 238 valence electrons. The zero-order valence-corrected chi connectivity index (χ0v) is 28.2. The summed E-state index contributed by atoms with van der Waals surface area (Å²) >= 11 is 0. The Bertz CT molecular complexity index is 880. The molecule has 0 bridgehead atoms. The van der Waals surface area contributed by atoms with Crippen molar-refractivity contribution in [2.45, 2.75) is 124 Å². The predicted octanol–water partition coefficient (Wildman–Crippen LogP) is 5.75. The molecule has 7 nitrogen and oxygen atoms in total. The summed E-state index contributed by atoms with van der Waals surface area (Å²) in [6.45, 7) is 7.83. The summed E-state index contributed by atoms with van der Waals surface area (Å²) in [7, 11) is 0. The Kier molecular flexibility index (Phi) is 33.9. The van der Waals surface area contributed by atoms with Gasteiger partial charge in [-0.3, -0.25) is 9.59 Å². The van der Waals surface area contributed by atoms with E-state index < -0.39 is 12.1 Å². The Labute approximate surface area is 275 Å². The number of carboxylic acids is 1. The maximum Gasteiger partial charge on any atom is 4.00 e. The van der Waals surface area contributed by atoms with Gasteiger partial charge >= 0.3 is 21.7 Å². The molecule has 0 N–H and O–H groups in total. The first kappa shape index (κ1) is 45.0. The van der Waals surface area contributed by atoms with E-state index in [9.17, 15) is 34.8 Å². The smallest absolute Gasteiger partial charge is 0.872 e. The maximum atomic E-state index is 10.6. The SMILES string of the molecule is CC(C)CCCCCCCCCCCCCCC(=O)[O-].CC(C)[O-].O=Cc1ccccc1[O-].O=Cc1ccccc1[O-].[Ti+4]. The van der Waals surface area contributed by atoms with Gasteiger partial charge in [-0.15, -0.1) is 6.10 Å². The van der Waals surface area contributed by atoms with Crippen LogP contribution in [0.2, 0.25) is 0 Å². The molecule has 8 heteroatoms. The van der Waals surface area contributed by atoms with E-state index in [-0.39, 0.29) is 50.8 Å². The van der Waals surface area contributed by atoms with Gasteiger partial charge in [0, 0.05) is 17.1 Å². The maximum absolute atomic E-state index is 10.6. The van der Waals surface area contributed by atoms with Crippen LogP contribution in [-0.4, -0.2) is 24.6 Å². The van der Waals surface area contributed by atoms with Gasteiger partial charge in [-0.25, -0.2) is 0 Å². The second kappa shape index (κ2) is 32.4. The number of aldehydes is 2. The fourth-order valence-corrected chi connectivity index (χ4v) is 3.75. The second-order valence-corrected chi connectivity index (χ2v) is 10.9. The zero-order chi connectivity index (χ0) is 32.0. The van der Waals surface area contributed by atoms with E-state index >= 15 is 0 Å². The number of carbonyl (C=O) groups is 3. The molecule has 0 spiro atoms. The van der Waals surface area contributed by atoms with Crippen molar-refractivity contribution in [1.82, 2.24) is 0 Å². The fraction of sp³-hybridized carbons (Fsp3) is 0.571. The van der Waals surface area contributed by atoms with E-state index in [0.717, 1.165) is 18.8 Å². The van der Waals surface area contributed by atoms with E-state index in [1.165, 1.54) is 94.9 Å². The van der Waals surface area contributed by atoms with Crippen molar-refractivity contribution in [2.24, 2.45) is 5.92 Å². The molecule has 0 heterocycles. The van der Waals surface area contributed by atoms with Crippen LogP contribution in [0.25, 0.3) is 0 Å². The number of para-hydroxylation sites is 2. The summed E-state index contributed by atoms with van der Waals surface area (Å²) in [4.78, 5) is 30.3. The Morgan fingerprint density at radius 2 is 0.930 bits per heavy atom. The molecule has 2 aromatic carbocycles. The zero-order valence-electron chi connectivity index (χ0n) is 26.7. The van der Waals surface area contributed by atoms with Gasteiger partial charge in [-0.2, -0.15) is 0 Å². The largest absolute Gasteiger partial charge is 4.00 e. The molecule has 2 rings (SSSR count). The van der Waals surface area contributed by atoms with Crippen molar-refractivity contribution in [3.8, 4) is 11.5 Å². The topological polar surface area (TPSA) is 143 Å². The van der Waals surface area contributed by atoms with Crippen LogP contribution in [0.15, 0.2) is 48.5 Å². The predicted molar refractivity (Wildman–Crippen MR) is 162 cm³/mol. The van der Waals surface area contributed by atoms with Crippen LogP contribution in [0.1, 0.15) is 138 Å². The van der Waals surface area contributed by atoms with Gasteiger partial charge in [-0.1, -0.05) is 165 Å². The average molecular weight is 633 g/mol. The molecular formula is C35H52O7Ti. The van der Waals surface area contributed by atoms with E-state index in [0.29, 0.717) is 12.6 Å². The van der Waals surface area contributed by atoms with Crippen LogP contribution in [0.3, 0.4) is 0 Å². The molecule has 0 amide bonds. The number of benzene rings is 2. The first-order chi connectivity index (χ1) is 20.0. The van der Waals surface area contributed by atoms with Gasteiger partial charge in [0.2, 0.25) is 0 Å². The minimum Gasteiger partial charge on any atom is -0.872 e. The molecule has 43 heavy (non-hydrogen) atoms. The van der Waals surface area contributed by atoms with E-state index in [1.807, 2.05) is 0 Å². The van der Waals surface area contributed by atoms with E-state index in [4.69, 9.17) is 0 Å². The quantitative estimate of drug-likeness (QED) is 0.123. The van der Waals surface area contributed by atoms with Gasteiger partial charge in [0.25, 0.3) is 0 Å². The summed E-state index contributed by atoms with van der Waals surface area (Å²) in [6, 6.07) is 12.2. The number of carboxylic acid groups (broad SMARTS) is 1. The van der Waals surface area contributed by atoms with Gasteiger partial charge in [0.05, 0.1) is 0 Å². The van der Waals surface area contributed by atoms with Crippen molar-refractivity contribution in [3.63, 3.8) is 0 Å². The van der Waals surface area contributed by atoms with Crippen molar-refractivity contribution in [2.75, 3.05) is 0 Å². The summed E-state index contributed by atoms with van der Waals surface area (Å²) in [6.07, 6.45) is 17.7. The monoisotopic (exact) mass is 632 g/mol. The van der Waals surface area contributed by atoms with Crippen molar-refractivity contribution in [1.29, 1.82) is 0 Å². The number of rotatable bonds is 17. The van der Waals surface area contributed by atoms with Crippen LogP contribution in [0, 0.1) is 5.92 Å². The van der Waals surface area contributed by atoms with Gasteiger partial charge in [0.15, 0.2) is 0 Å². The summed E-state index contributed by atoms with van der Waals surface area (Å²) in [5.74, 6) is -0.472. The first-order valence-electron chi connectivity index (χ1n) is 15.3. The van der Waals surface area contributed by atoms with Crippen molar-refractivity contribution < 1.29 is 56.5 Å². The number of carbonyl (C=O) groups excluding carboxylic acids is 3. The number of unbranched alkanes of at least 4 members (excludes halogenated alkanes) is 11. The summed E-state index contributed by atoms with van der Waals surface area (Å²) < 4.78 is 0. The average Bonchev–Trinajstić information content (AvgIpc) is 2.94. The second-order valence-electron chi connectivity index (χ2n) is 10.9. The van der Waals surface area contributed by atoms with Crippen LogP contribution in [-0.2, 0) is 26.5 Å². The molecule has 0 saturated heterocycles. The number of aliphatic carboxylic acids is 1. The Balaban J connectivity index is -0.000000573. The molecular weight excluding hydrogens is 580 g/mol. The van der Waals surface area contributed by atoms with Crippen molar-refractivity contribution >= 4 is 18.5 Å². The molecule has 0 saturated carbocycles. The Hall–Kier alpha value is -2.48. The molecule has 0 aromatic heterocycles. The third kappa shape index (κ3) is 33.9. The molecule has 0 aliphatic carbocycles. The first-order valence-corrected chi connectivity index (χ1v) is 15.3. The molecule has 2 aromatic rings. The summed E-state index contributed by atoms with van der Waals surface area (Å²) in [5.41, 5.74) is 0.440. The normalized spacial score (nSPS) is 9.74. The Morgan fingerprint density at radius 3 is 1.19 bits per heavy atom. The minimum absolute atomic E-state index is 0. The molecule has 0 radical (unpaired) electrons. The number of hydrogen-bond acceptors (Lipinski definition) is 7. The number of hydrogen-bond donors (Lipinski definition) is 0. The van der Waals surface area contributed by atoms with E-state index in [2.05, 4.69) is 13.8 Å². The van der Waals surface area contributed by atoms with Crippen LogP contribution in [0.5, 0.6) is 11.5 Å². The molecule has 0 fully saturated rings. The Morgan fingerprint density at radius 1 is 0.628 bits per heavy atom. The molecule has 0 unspecified atom stereocenters. The fourth-order valence-electron chi connectivity index (χ4n) is 3.75. The molecule has 0 aliphatic heterocycles. The van der Waals surface area contributed by atoms with Crippen LogP contribution >= 0.6 is 0 Å². The van der Waals surface area contributed by atoms with Gasteiger partial charge < -0.3 is 25.2 Å². The van der Waals surface area contributed by atoms with Gasteiger partial charge in [0.1, 0.15) is 12.6 Å². The third-order valence-electron chi connectivity index (χ3n) is 6.00. The minimum atomic E-state index is -0.904. The van der Waals surface area contributed by atoms with Crippen molar-refractivity contribution in [3.05, 3.63) is 59.7 Å². The van der Waals surface area contributed by atoms with Crippen LogP contribution in [0.4, 0.5) is 0 Å². The van der Waals surface area contributed by atoms with Gasteiger partial charge in [-0.05, 0) is 18.8 Å². The van der Waals surface area contributed by atoms with Crippen LogP contribution < -0.4 is 20.4 Å². The summed E-state index contributed by atoms with van der Waals surface area (Å²) in [5, 5.41) is 41.0. The third-order valence-corrected chi connectivity index (χ3v) is 6.00. The molecule has 0 atom stereocenters. The standard InChI is InChI=1S/C18H36O2.2C7H6O2.C3H7O.Ti/c1-17(2)15-13-11-9-7-5-3-4-6-8-10-12-14-16-18(19)20;2*8-5-6-3-1-2-4-7(6)9;1-3(2)4;/h17H,3-16H2,1-2H3,(H,19,20);2*1-5,9H;3H,1-2H3;/q;;;-1;+4/p-3.